The van der Waals surface area contributed by atoms with E-state index in [1.165, 1.54) is 12.1 Å². The van der Waals surface area contributed by atoms with E-state index >= 15 is 0 Å². The van der Waals surface area contributed by atoms with Gasteiger partial charge in [-0.05, 0) is 29.8 Å². The molecule has 1 amide bonds. The highest BCUT2D eigenvalue weighted by Crippen LogP contribution is 2.19. The van der Waals surface area contributed by atoms with E-state index in [1.54, 1.807) is 30.6 Å². The second kappa shape index (κ2) is 6.22. The SMILES string of the molecule is O=C(Cc1cccc(F)c1)Nc1cccc(-c2ncc[nH]2)c1. The summed E-state index contributed by atoms with van der Waals surface area (Å²) >= 11 is 0. The third kappa shape index (κ3) is 3.38. The molecule has 0 aliphatic carbocycles. The number of nitrogens with one attached hydrogen (secondary N) is 2. The number of hydrogen-bond donors (Lipinski definition) is 2. The number of aromatic amines is 1. The molecular weight excluding hydrogens is 281 g/mol. The summed E-state index contributed by atoms with van der Waals surface area (Å²) in [5, 5.41) is 2.81. The van der Waals surface area contributed by atoms with E-state index in [0.717, 1.165) is 11.4 Å². The van der Waals surface area contributed by atoms with E-state index in [2.05, 4.69) is 15.3 Å². The smallest absolute Gasteiger partial charge is 0.228 e. The van der Waals surface area contributed by atoms with Crippen LogP contribution in [0, 0.1) is 5.82 Å². The molecule has 0 fully saturated rings. The van der Waals surface area contributed by atoms with Gasteiger partial charge in [0.2, 0.25) is 5.91 Å². The Bertz CT molecular complexity index is 784. The van der Waals surface area contributed by atoms with Gasteiger partial charge < -0.3 is 10.3 Å². The molecule has 0 aliphatic heterocycles. The molecule has 0 aliphatic rings. The summed E-state index contributed by atoms with van der Waals surface area (Å²) in [6, 6.07) is 13.4. The van der Waals surface area contributed by atoms with Gasteiger partial charge in [-0.1, -0.05) is 24.3 Å². The second-order valence-corrected chi connectivity index (χ2v) is 4.87. The van der Waals surface area contributed by atoms with Crippen LogP contribution in [0.15, 0.2) is 60.9 Å². The Morgan fingerprint density at radius 1 is 1.18 bits per heavy atom. The number of nitrogens with zero attached hydrogens (tertiary/aromatic N) is 1. The van der Waals surface area contributed by atoms with Gasteiger partial charge in [0.15, 0.2) is 0 Å². The minimum atomic E-state index is -0.342. The number of aromatic nitrogens is 2. The van der Waals surface area contributed by atoms with E-state index in [0.29, 0.717) is 11.3 Å². The van der Waals surface area contributed by atoms with Crippen molar-refractivity contribution < 1.29 is 9.18 Å². The normalized spacial score (nSPS) is 10.4. The van der Waals surface area contributed by atoms with Crippen molar-refractivity contribution >= 4 is 11.6 Å². The molecule has 22 heavy (non-hydrogen) atoms. The number of carbonyl (C=O) groups is 1. The molecule has 2 N–H and O–H groups in total. The summed E-state index contributed by atoms with van der Waals surface area (Å²) in [7, 11) is 0. The van der Waals surface area contributed by atoms with Gasteiger partial charge in [0.25, 0.3) is 0 Å². The number of imidazole rings is 1. The molecule has 1 aromatic heterocycles. The summed E-state index contributed by atoms with van der Waals surface area (Å²) in [4.78, 5) is 19.2. The van der Waals surface area contributed by atoms with Gasteiger partial charge in [-0.15, -0.1) is 0 Å². The summed E-state index contributed by atoms with van der Waals surface area (Å²) < 4.78 is 13.1. The molecule has 1 heterocycles. The van der Waals surface area contributed by atoms with Gasteiger partial charge in [0, 0.05) is 23.6 Å². The first-order valence-electron chi connectivity index (χ1n) is 6.85. The monoisotopic (exact) mass is 295 g/mol. The fraction of sp³-hybridized carbons (Fsp3) is 0.0588. The molecule has 0 bridgehead atoms. The molecule has 0 spiro atoms. The standard InChI is InChI=1S/C17H14FN3O/c18-14-5-1-3-12(9-14)10-16(22)21-15-6-2-4-13(11-15)17-19-7-8-20-17/h1-9,11H,10H2,(H,19,20)(H,21,22). The molecular formula is C17H14FN3O. The lowest BCUT2D eigenvalue weighted by Gasteiger charge is -2.07. The highest BCUT2D eigenvalue weighted by molar-refractivity contribution is 5.92. The quantitative estimate of drug-likeness (QED) is 0.775. The zero-order valence-electron chi connectivity index (χ0n) is 11.7. The lowest BCUT2D eigenvalue weighted by Crippen LogP contribution is -2.14. The molecule has 3 aromatic rings. The van der Waals surface area contributed by atoms with Crippen molar-refractivity contribution in [1.82, 2.24) is 9.97 Å². The van der Waals surface area contributed by atoms with Crippen LogP contribution in [0.5, 0.6) is 0 Å². The molecule has 0 unspecified atom stereocenters. The Balaban J connectivity index is 1.70. The average Bonchev–Trinajstić information content (AvgIpc) is 3.01. The topological polar surface area (TPSA) is 57.8 Å². The predicted octanol–water partition coefficient (Wildman–Crippen LogP) is 3.40. The molecule has 3 rings (SSSR count). The summed E-state index contributed by atoms with van der Waals surface area (Å²) in [6.45, 7) is 0. The zero-order valence-corrected chi connectivity index (χ0v) is 11.7. The number of anilines is 1. The number of amides is 1. The van der Waals surface area contributed by atoms with Gasteiger partial charge in [-0.25, -0.2) is 9.37 Å². The highest BCUT2D eigenvalue weighted by atomic mass is 19.1. The van der Waals surface area contributed by atoms with E-state index in [1.807, 2.05) is 18.2 Å². The minimum Gasteiger partial charge on any atom is -0.345 e. The van der Waals surface area contributed by atoms with Crippen molar-refractivity contribution in [2.24, 2.45) is 0 Å². The Kier molecular flexibility index (Phi) is 3.96. The molecule has 0 saturated heterocycles. The highest BCUT2D eigenvalue weighted by Gasteiger charge is 2.06. The first-order valence-corrected chi connectivity index (χ1v) is 6.85. The number of halogens is 1. The van der Waals surface area contributed by atoms with Crippen molar-refractivity contribution in [3.8, 4) is 11.4 Å². The number of rotatable bonds is 4. The molecule has 0 atom stereocenters. The van der Waals surface area contributed by atoms with Crippen molar-refractivity contribution in [2.45, 2.75) is 6.42 Å². The lowest BCUT2D eigenvalue weighted by molar-refractivity contribution is -0.115. The van der Waals surface area contributed by atoms with Gasteiger partial charge in [-0.3, -0.25) is 4.79 Å². The number of hydrogen-bond acceptors (Lipinski definition) is 2. The summed E-state index contributed by atoms with van der Waals surface area (Å²) in [5.74, 6) is 0.202. The first-order chi connectivity index (χ1) is 10.7. The fourth-order valence-electron chi connectivity index (χ4n) is 2.20. The molecule has 110 valence electrons. The maximum atomic E-state index is 13.1. The molecule has 0 saturated carbocycles. The maximum Gasteiger partial charge on any atom is 0.228 e. The van der Waals surface area contributed by atoms with Gasteiger partial charge in [-0.2, -0.15) is 0 Å². The second-order valence-electron chi connectivity index (χ2n) is 4.87. The molecule has 0 radical (unpaired) electrons. The van der Waals surface area contributed by atoms with Crippen LogP contribution >= 0.6 is 0 Å². The van der Waals surface area contributed by atoms with Crippen LogP contribution in [0.2, 0.25) is 0 Å². The van der Waals surface area contributed by atoms with Crippen LogP contribution < -0.4 is 5.32 Å². The van der Waals surface area contributed by atoms with E-state index < -0.39 is 0 Å². The maximum absolute atomic E-state index is 13.1. The Hall–Kier alpha value is -2.95. The minimum absolute atomic E-state index is 0.128. The summed E-state index contributed by atoms with van der Waals surface area (Å²) in [5.41, 5.74) is 2.20. The van der Waals surface area contributed by atoms with E-state index in [4.69, 9.17) is 0 Å². The first kappa shape index (κ1) is 14.0. The Labute approximate surface area is 127 Å². The van der Waals surface area contributed by atoms with Crippen molar-refractivity contribution in [1.29, 1.82) is 0 Å². The number of H-pyrrole nitrogens is 1. The van der Waals surface area contributed by atoms with Crippen LogP contribution in [-0.4, -0.2) is 15.9 Å². The largest absolute Gasteiger partial charge is 0.345 e. The zero-order chi connectivity index (χ0) is 15.4. The van der Waals surface area contributed by atoms with Crippen molar-refractivity contribution in [2.75, 3.05) is 5.32 Å². The van der Waals surface area contributed by atoms with Crippen LogP contribution in [0.1, 0.15) is 5.56 Å². The summed E-state index contributed by atoms with van der Waals surface area (Å²) in [6.07, 6.45) is 3.54. The molecule has 2 aromatic carbocycles. The van der Waals surface area contributed by atoms with Crippen LogP contribution in [0.3, 0.4) is 0 Å². The van der Waals surface area contributed by atoms with E-state index in [9.17, 15) is 9.18 Å². The van der Waals surface area contributed by atoms with Crippen molar-refractivity contribution in [3.05, 3.63) is 72.3 Å². The molecule has 4 nitrogen and oxygen atoms in total. The number of carbonyl (C=O) groups excluding carboxylic acids is 1. The Morgan fingerprint density at radius 2 is 2.05 bits per heavy atom. The Morgan fingerprint density at radius 3 is 2.82 bits per heavy atom. The van der Waals surface area contributed by atoms with Gasteiger partial charge >= 0.3 is 0 Å². The van der Waals surface area contributed by atoms with Gasteiger partial charge in [0.1, 0.15) is 11.6 Å². The third-order valence-corrected chi connectivity index (χ3v) is 3.17. The van der Waals surface area contributed by atoms with Crippen LogP contribution in [-0.2, 0) is 11.2 Å². The number of benzene rings is 2. The van der Waals surface area contributed by atoms with Crippen LogP contribution in [0.4, 0.5) is 10.1 Å². The van der Waals surface area contributed by atoms with E-state index in [-0.39, 0.29) is 18.1 Å². The predicted molar refractivity (Wildman–Crippen MR) is 82.8 cm³/mol. The van der Waals surface area contributed by atoms with Gasteiger partial charge in [0.05, 0.1) is 6.42 Å². The average molecular weight is 295 g/mol. The fourth-order valence-corrected chi connectivity index (χ4v) is 2.20. The third-order valence-electron chi connectivity index (χ3n) is 3.17. The molecule has 5 heteroatoms. The lowest BCUT2D eigenvalue weighted by atomic mass is 10.1. The van der Waals surface area contributed by atoms with Crippen molar-refractivity contribution in [3.63, 3.8) is 0 Å². The van der Waals surface area contributed by atoms with Crippen LogP contribution in [0.25, 0.3) is 11.4 Å².